The van der Waals surface area contributed by atoms with E-state index < -0.39 is 5.60 Å². The Morgan fingerprint density at radius 3 is 2.41 bits per heavy atom. The van der Waals surface area contributed by atoms with Crippen LogP contribution in [0.5, 0.6) is 0 Å². The van der Waals surface area contributed by atoms with Gasteiger partial charge in [0.05, 0.1) is 32.4 Å². The molecule has 7 heteroatoms. The highest BCUT2D eigenvalue weighted by atomic mass is 35.5. The van der Waals surface area contributed by atoms with Gasteiger partial charge in [-0.15, -0.1) is 0 Å². The summed E-state index contributed by atoms with van der Waals surface area (Å²) in [4.78, 5) is 11.7. The van der Waals surface area contributed by atoms with Crippen LogP contribution in [-0.4, -0.2) is 18.1 Å². The summed E-state index contributed by atoms with van der Waals surface area (Å²) in [5, 5.41) is 3.24. The molecule has 1 saturated heterocycles. The second-order valence-electron chi connectivity index (χ2n) is 3.82. The van der Waals surface area contributed by atoms with Crippen molar-refractivity contribution in [3.63, 3.8) is 0 Å². The standard InChI is InChI=1S/C10H7Cl4NO2/c1-10(3-17-10)9(16)15-5-2-4(11)6(12)8(14)7(5)13/h2H,3H2,1H3,(H,15,16). The Morgan fingerprint density at radius 1 is 1.29 bits per heavy atom. The van der Waals surface area contributed by atoms with Gasteiger partial charge in [0.15, 0.2) is 5.60 Å². The SMILES string of the molecule is CC1(C(=O)Nc2cc(Cl)c(Cl)c(Cl)c2Cl)CO1. The summed E-state index contributed by atoms with van der Waals surface area (Å²) in [6.07, 6.45) is 0. The van der Waals surface area contributed by atoms with Crippen molar-refractivity contribution < 1.29 is 9.53 Å². The van der Waals surface area contributed by atoms with E-state index in [4.69, 9.17) is 51.1 Å². The first-order valence-corrected chi connectivity index (χ1v) is 6.15. The van der Waals surface area contributed by atoms with Crippen molar-refractivity contribution in [1.82, 2.24) is 0 Å². The normalized spacial score (nSPS) is 22.4. The highest BCUT2D eigenvalue weighted by molar-refractivity contribution is 6.52. The van der Waals surface area contributed by atoms with Crippen LogP contribution in [0.2, 0.25) is 20.1 Å². The van der Waals surface area contributed by atoms with Crippen molar-refractivity contribution in [1.29, 1.82) is 0 Å². The Morgan fingerprint density at radius 2 is 1.88 bits per heavy atom. The zero-order valence-electron chi connectivity index (χ0n) is 8.61. The number of ether oxygens (including phenoxy) is 1. The Hall–Kier alpha value is -0.190. The first-order chi connectivity index (χ1) is 7.85. The van der Waals surface area contributed by atoms with Crippen LogP contribution in [0.1, 0.15) is 6.92 Å². The van der Waals surface area contributed by atoms with Gasteiger partial charge in [-0.2, -0.15) is 0 Å². The second kappa shape index (κ2) is 4.48. The number of amides is 1. The van der Waals surface area contributed by atoms with Crippen molar-refractivity contribution in [2.45, 2.75) is 12.5 Å². The van der Waals surface area contributed by atoms with Crippen molar-refractivity contribution in [2.75, 3.05) is 11.9 Å². The molecule has 1 heterocycles. The molecule has 1 fully saturated rings. The minimum absolute atomic E-state index is 0.109. The van der Waals surface area contributed by atoms with Crippen molar-refractivity contribution in [3.8, 4) is 0 Å². The summed E-state index contributed by atoms with van der Waals surface area (Å²) in [7, 11) is 0. The smallest absolute Gasteiger partial charge is 0.258 e. The van der Waals surface area contributed by atoms with E-state index in [1.165, 1.54) is 6.07 Å². The van der Waals surface area contributed by atoms with Gasteiger partial charge >= 0.3 is 0 Å². The second-order valence-corrected chi connectivity index (χ2v) is 5.36. The maximum absolute atomic E-state index is 11.7. The van der Waals surface area contributed by atoms with Gasteiger partial charge in [0.25, 0.3) is 5.91 Å². The lowest BCUT2D eigenvalue weighted by molar-refractivity contribution is -0.120. The topological polar surface area (TPSA) is 41.6 Å². The number of hydrogen-bond acceptors (Lipinski definition) is 2. The van der Waals surface area contributed by atoms with Crippen molar-refractivity contribution >= 4 is 58.0 Å². The Balaban J connectivity index is 2.30. The predicted molar refractivity (Wildman–Crippen MR) is 69.5 cm³/mol. The number of benzene rings is 1. The maximum atomic E-state index is 11.7. The molecule has 0 spiro atoms. The zero-order valence-corrected chi connectivity index (χ0v) is 11.6. The average Bonchev–Trinajstić information content (AvgIpc) is 3.02. The fourth-order valence-electron chi connectivity index (χ4n) is 1.16. The molecule has 0 bridgehead atoms. The molecule has 1 amide bonds. The Kier molecular flexibility index (Phi) is 3.49. The van der Waals surface area contributed by atoms with Gasteiger partial charge in [-0.25, -0.2) is 0 Å². The van der Waals surface area contributed by atoms with Crippen molar-refractivity contribution in [3.05, 3.63) is 26.2 Å². The monoisotopic (exact) mass is 313 g/mol. The van der Waals surface area contributed by atoms with Crippen LogP contribution in [0, 0.1) is 0 Å². The lowest BCUT2D eigenvalue weighted by Crippen LogP contribution is -2.28. The van der Waals surface area contributed by atoms with Crippen LogP contribution in [0.3, 0.4) is 0 Å². The van der Waals surface area contributed by atoms with Crippen LogP contribution >= 0.6 is 46.4 Å². The third kappa shape index (κ3) is 2.49. The fourth-order valence-corrected chi connectivity index (χ4v) is 2.01. The molecule has 0 aliphatic carbocycles. The third-order valence-electron chi connectivity index (χ3n) is 2.41. The van der Waals surface area contributed by atoms with Gasteiger partial charge in [0.2, 0.25) is 0 Å². The fraction of sp³-hybridized carbons (Fsp3) is 0.300. The molecule has 17 heavy (non-hydrogen) atoms. The minimum atomic E-state index is -0.790. The van der Waals surface area contributed by atoms with Crippen LogP contribution in [-0.2, 0) is 9.53 Å². The number of carbonyl (C=O) groups excluding carboxylic acids is 1. The summed E-state index contributed by atoms with van der Waals surface area (Å²) < 4.78 is 5.01. The summed E-state index contributed by atoms with van der Waals surface area (Å²) in [6.45, 7) is 2.06. The molecule has 2 rings (SSSR count). The van der Waals surface area contributed by atoms with E-state index in [0.29, 0.717) is 12.3 Å². The zero-order chi connectivity index (χ0) is 12.8. The molecule has 0 aromatic heterocycles. The highest BCUT2D eigenvalue weighted by Crippen LogP contribution is 2.41. The predicted octanol–water partition coefficient (Wildman–Crippen LogP) is 4.03. The van der Waals surface area contributed by atoms with Crippen molar-refractivity contribution in [2.24, 2.45) is 0 Å². The molecule has 1 aromatic carbocycles. The van der Waals surface area contributed by atoms with E-state index in [2.05, 4.69) is 5.32 Å². The van der Waals surface area contributed by atoms with Crippen LogP contribution in [0.4, 0.5) is 5.69 Å². The molecular formula is C10H7Cl4NO2. The number of anilines is 1. The highest BCUT2D eigenvalue weighted by Gasteiger charge is 2.47. The van der Waals surface area contributed by atoms with E-state index in [-0.39, 0.29) is 26.0 Å². The molecule has 1 N–H and O–H groups in total. The number of rotatable bonds is 2. The van der Waals surface area contributed by atoms with Gasteiger partial charge in [-0.1, -0.05) is 46.4 Å². The van der Waals surface area contributed by atoms with E-state index in [9.17, 15) is 4.79 Å². The molecule has 1 aliphatic heterocycles. The quantitative estimate of drug-likeness (QED) is 0.509. The van der Waals surface area contributed by atoms with Gasteiger partial charge in [-0.3, -0.25) is 4.79 Å². The van der Waals surface area contributed by atoms with E-state index in [1.54, 1.807) is 6.92 Å². The summed E-state index contributed by atoms with van der Waals surface area (Å²) >= 11 is 23.5. The van der Waals surface area contributed by atoms with E-state index in [0.717, 1.165) is 0 Å². The number of carbonyl (C=O) groups is 1. The molecule has 1 unspecified atom stereocenters. The van der Waals surface area contributed by atoms with Crippen LogP contribution < -0.4 is 5.32 Å². The number of halogens is 4. The third-order valence-corrected chi connectivity index (χ3v) is 4.16. The molecule has 1 aromatic rings. The molecule has 92 valence electrons. The molecule has 3 nitrogen and oxygen atoms in total. The largest absolute Gasteiger partial charge is 0.359 e. The molecule has 1 atom stereocenters. The lowest BCUT2D eigenvalue weighted by Gasteiger charge is -2.12. The lowest BCUT2D eigenvalue weighted by atomic mass is 10.2. The summed E-state index contributed by atoms with van der Waals surface area (Å²) in [5.74, 6) is -0.297. The number of hydrogen-bond donors (Lipinski definition) is 1. The van der Waals surface area contributed by atoms with E-state index >= 15 is 0 Å². The van der Waals surface area contributed by atoms with Gasteiger partial charge in [-0.05, 0) is 13.0 Å². The summed E-state index contributed by atoms with van der Waals surface area (Å²) in [5.41, 5.74) is -0.477. The minimum Gasteiger partial charge on any atom is -0.359 e. The molecule has 1 aliphatic rings. The average molecular weight is 315 g/mol. The van der Waals surface area contributed by atoms with Gasteiger partial charge in [0.1, 0.15) is 0 Å². The Bertz CT molecular complexity index is 500. The molecule has 0 saturated carbocycles. The van der Waals surface area contributed by atoms with Gasteiger partial charge in [0, 0.05) is 0 Å². The van der Waals surface area contributed by atoms with Crippen LogP contribution in [0.15, 0.2) is 6.07 Å². The van der Waals surface area contributed by atoms with Crippen LogP contribution in [0.25, 0.3) is 0 Å². The molecule has 0 radical (unpaired) electrons. The Labute approximate surface area is 118 Å². The number of nitrogens with one attached hydrogen (secondary N) is 1. The first-order valence-electron chi connectivity index (χ1n) is 4.63. The van der Waals surface area contributed by atoms with Gasteiger partial charge < -0.3 is 10.1 Å². The maximum Gasteiger partial charge on any atom is 0.258 e. The molecular weight excluding hydrogens is 308 g/mol. The summed E-state index contributed by atoms with van der Waals surface area (Å²) in [6, 6.07) is 1.45. The first kappa shape index (κ1) is 13.2. The van der Waals surface area contributed by atoms with E-state index in [1.807, 2.05) is 0 Å². The number of epoxide rings is 1.